The maximum Gasteiger partial charge on any atom is 0.418 e. The summed E-state index contributed by atoms with van der Waals surface area (Å²) in [5.74, 6) is 0. The number of halogens is 3. The van der Waals surface area contributed by atoms with E-state index in [0.29, 0.717) is 5.69 Å². The molecule has 0 aliphatic carbocycles. The Balaban J connectivity index is 2.19. The van der Waals surface area contributed by atoms with Crippen LogP contribution < -0.4 is 5.32 Å². The highest BCUT2D eigenvalue weighted by molar-refractivity contribution is 5.90. The second-order valence-electron chi connectivity index (χ2n) is 5.12. The molecule has 5 nitrogen and oxygen atoms in total. The minimum absolute atomic E-state index is 0.0567. The van der Waals surface area contributed by atoms with Crippen LogP contribution in [0.1, 0.15) is 17.7 Å². The van der Waals surface area contributed by atoms with Crippen LogP contribution in [-0.4, -0.2) is 22.5 Å². The van der Waals surface area contributed by atoms with Crippen LogP contribution in [0.25, 0.3) is 0 Å². The summed E-state index contributed by atoms with van der Waals surface area (Å²) in [5, 5.41) is 11.0. The Morgan fingerprint density at radius 2 is 1.92 bits per heavy atom. The van der Waals surface area contributed by atoms with Crippen LogP contribution >= 0.6 is 0 Å². The van der Waals surface area contributed by atoms with E-state index in [-0.39, 0.29) is 25.2 Å². The lowest BCUT2D eigenvalue weighted by Gasteiger charge is -2.23. The van der Waals surface area contributed by atoms with Crippen molar-refractivity contribution >= 4 is 11.7 Å². The van der Waals surface area contributed by atoms with Gasteiger partial charge in [0.15, 0.2) is 0 Å². The van der Waals surface area contributed by atoms with Gasteiger partial charge < -0.3 is 10.2 Å². The van der Waals surface area contributed by atoms with Crippen LogP contribution in [0.15, 0.2) is 48.7 Å². The fourth-order valence-corrected chi connectivity index (χ4v) is 2.16. The first-order valence-electron chi connectivity index (χ1n) is 7.41. The van der Waals surface area contributed by atoms with Crippen molar-refractivity contribution in [1.29, 1.82) is 5.26 Å². The zero-order valence-electron chi connectivity index (χ0n) is 13.1. The molecule has 0 aliphatic heterocycles. The molecule has 2 rings (SSSR count). The zero-order chi connectivity index (χ0) is 18.3. The number of nitrogens with one attached hydrogen (secondary N) is 1. The third-order valence-electron chi connectivity index (χ3n) is 3.33. The summed E-state index contributed by atoms with van der Waals surface area (Å²) in [4.78, 5) is 17.7. The third-order valence-corrected chi connectivity index (χ3v) is 3.33. The monoisotopic (exact) mass is 348 g/mol. The van der Waals surface area contributed by atoms with Gasteiger partial charge in [0.25, 0.3) is 0 Å². The third kappa shape index (κ3) is 5.21. The number of hydrogen-bond donors (Lipinski definition) is 1. The number of carbonyl (C=O) groups excluding carboxylic acids is 1. The van der Waals surface area contributed by atoms with E-state index >= 15 is 0 Å². The van der Waals surface area contributed by atoms with Crippen LogP contribution in [0.3, 0.4) is 0 Å². The van der Waals surface area contributed by atoms with E-state index in [1.165, 1.54) is 23.1 Å². The van der Waals surface area contributed by atoms with Gasteiger partial charge in [-0.15, -0.1) is 0 Å². The normalized spacial score (nSPS) is 10.8. The predicted molar refractivity (Wildman–Crippen MR) is 85.3 cm³/mol. The van der Waals surface area contributed by atoms with E-state index in [1.807, 2.05) is 6.07 Å². The van der Waals surface area contributed by atoms with Crippen LogP contribution in [0.5, 0.6) is 0 Å². The molecule has 0 unspecified atom stereocenters. The Labute approximate surface area is 142 Å². The zero-order valence-corrected chi connectivity index (χ0v) is 13.1. The van der Waals surface area contributed by atoms with Crippen LogP contribution in [-0.2, 0) is 12.7 Å². The molecule has 130 valence electrons. The molecular formula is C17H15F3N4O. The van der Waals surface area contributed by atoms with E-state index in [1.54, 1.807) is 24.4 Å². The molecule has 8 heteroatoms. The molecule has 0 radical (unpaired) electrons. The molecule has 1 aromatic carbocycles. The lowest BCUT2D eigenvalue weighted by molar-refractivity contribution is -0.136. The summed E-state index contributed by atoms with van der Waals surface area (Å²) in [6, 6.07) is 11.1. The van der Waals surface area contributed by atoms with E-state index < -0.39 is 17.8 Å². The number of rotatable bonds is 5. The standard InChI is InChI=1S/C17H15F3N4O/c18-17(19,20)14-7-1-2-8-15(14)23-16(25)24(11-5-9-21)12-13-6-3-4-10-22-13/h1-4,6-8,10H,5,11-12H2,(H,23,25). The molecule has 0 atom stereocenters. The Bertz CT molecular complexity index is 756. The van der Waals surface area contributed by atoms with Crippen molar-refractivity contribution in [2.24, 2.45) is 0 Å². The molecule has 0 saturated heterocycles. The average Bonchev–Trinajstić information content (AvgIpc) is 2.59. The maximum absolute atomic E-state index is 13.0. The smallest absolute Gasteiger partial charge is 0.318 e. The van der Waals surface area contributed by atoms with Gasteiger partial charge in [-0.1, -0.05) is 18.2 Å². The number of urea groups is 1. The number of nitriles is 1. The Kier molecular flexibility index (Phi) is 5.95. The Morgan fingerprint density at radius 1 is 1.20 bits per heavy atom. The number of para-hydroxylation sites is 1. The fraction of sp³-hybridized carbons (Fsp3) is 0.235. The van der Waals surface area contributed by atoms with Crippen molar-refractivity contribution in [3.05, 3.63) is 59.9 Å². The molecule has 1 N–H and O–H groups in total. The first kappa shape index (κ1) is 18.3. The van der Waals surface area contributed by atoms with E-state index in [0.717, 1.165) is 6.07 Å². The molecule has 0 bridgehead atoms. The van der Waals surface area contributed by atoms with Crippen molar-refractivity contribution in [1.82, 2.24) is 9.88 Å². The minimum atomic E-state index is -4.58. The van der Waals surface area contributed by atoms with Crippen molar-refractivity contribution < 1.29 is 18.0 Å². The van der Waals surface area contributed by atoms with Gasteiger partial charge in [0.05, 0.1) is 36.0 Å². The summed E-state index contributed by atoms with van der Waals surface area (Å²) in [6.45, 7) is 0.162. The van der Waals surface area contributed by atoms with Gasteiger partial charge in [-0.05, 0) is 24.3 Å². The van der Waals surface area contributed by atoms with Crippen molar-refractivity contribution in [2.45, 2.75) is 19.1 Å². The van der Waals surface area contributed by atoms with Crippen LogP contribution in [0.2, 0.25) is 0 Å². The van der Waals surface area contributed by atoms with Crippen LogP contribution in [0, 0.1) is 11.3 Å². The predicted octanol–water partition coefficient (Wildman–Crippen LogP) is 4.05. The highest BCUT2D eigenvalue weighted by atomic mass is 19.4. The molecule has 25 heavy (non-hydrogen) atoms. The van der Waals surface area contributed by atoms with Crippen molar-refractivity contribution in [3.63, 3.8) is 0 Å². The summed E-state index contributed by atoms with van der Waals surface area (Å²) in [6.07, 6.45) is -2.97. The van der Waals surface area contributed by atoms with Crippen LogP contribution in [0.4, 0.5) is 23.7 Å². The van der Waals surface area contributed by atoms with E-state index in [2.05, 4.69) is 10.3 Å². The van der Waals surface area contributed by atoms with Gasteiger partial charge >= 0.3 is 12.2 Å². The fourth-order valence-electron chi connectivity index (χ4n) is 2.16. The summed E-state index contributed by atoms with van der Waals surface area (Å²) in [5.41, 5.74) is -0.691. The molecular weight excluding hydrogens is 333 g/mol. The van der Waals surface area contributed by atoms with Crippen molar-refractivity contribution in [3.8, 4) is 6.07 Å². The molecule has 0 saturated carbocycles. The number of amides is 2. The van der Waals surface area contributed by atoms with E-state index in [9.17, 15) is 18.0 Å². The van der Waals surface area contributed by atoms with E-state index in [4.69, 9.17) is 5.26 Å². The van der Waals surface area contributed by atoms with Gasteiger partial charge in [-0.2, -0.15) is 18.4 Å². The number of alkyl halides is 3. The topological polar surface area (TPSA) is 69.0 Å². The second kappa shape index (κ2) is 8.15. The van der Waals surface area contributed by atoms with Gasteiger partial charge in [-0.3, -0.25) is 4.98 Å². The highest BCUT2D eigenvalue weighted by Crippen LogP contribution is 2.34. The van der Waals surface area contributed by atoms with Gasteiger partial charge in [0.2, 0.25) is 0 Å². The maximum atomic E-state index is 13.0. The summed E-state index contributed by atoms with van der Waals surface area (Å²) < 4.78 is 39.1. The first-order chi connectivity index (χ1) is 11.9. The number of benzene rings is 1. The second-order valence-corrected chi connectivity index (χ2v) is 5.12. The molecule has 2 amide bonds. The molecule has 1 aromatic heterocycles. The molecule has 0 aliphatic rings. The number of carbonyl (C=O) groups is 1. The lowest BCUT2D eigenvalue weighted by atomic mass is 10.1. The average molecular weight is 348 g/mol. The number of anilines is 1. The minimum Gasteiger partial charge on any atom is -0.318 e. The quantitative estimate of drug-likeness (QED) is 0.886. The Morgan fingerprint density at radius 3 is 2.56 bits per heavy atom. The largest absolute Gasteiger partial charge is 0.418 e. The van der Waals surface area contributed by atoms with Gasteiger partial charge in [-0.25, -0.2) is 4.79 Å². The van der Waals surface area contributed by atoms with Crippen molar-refractivity contribution in [2.75, 3.05) is 11.9 Å². The molecule has 0 fully saturated rings. The number of pyridine rings is 1. The molecule has 1 heterocycles. The first-order valence-corrected chi connectivity index (χ1v) is 7.41. The molecule has 2 aromatic rings. The summed E-state index contributed by atoms with van der Waals surface area (Å²) in [7, 11) is 0. The van der Waals surface area contributed by atoms with Gasteiger partial charge in [0.1, 0.15) is 0 Å². The molecule has 0 spiro atoms. The van der Waals surface area contributed by atoms with Gasteiger partial charge in [0, 0.05) is 12.7 Å². The Hall–Kier alpha value is -3.08. The number of hydrogen-bond acceptors (Lipinski definition) is 3. The SMILES string of the molecule is N#CCCN(Cc1ccccn1)C(=O)Nc1ccccc1C(F)(F)F. The number of nitrogens with zero attached hydrogens (tertiary/aromatic N) is 3. The lowest BCUT2D eigenvalue weighted by Crippen LogP contribution is -2.36. The summed E-state index contributed by atoms with van der Waals surface area (Å²) >= 11 is 0. The number of aromatic nitrogens is 1. The highest BCUT2D eigenvalue weighted by Gasteiger charge is 2.33.